The van der Waals surface area contributed by atoms with Crippen molar-refractivity contribution in [2.75, 3.05) is 19.8 Å². The van der Waals surface area contributed by atoms with Gasteiger partial charge in [0.2, 0.25) is 0 Å². The van der Waals surface area contributed by atoms with Crippen LogP contribution in [0.15, 0.2) is 0 Å². The Morgan fingerprint density at radius 2 is 2.38 bits per heavy atom. The predicted molar refractivity (Wildman–Crippen MR) is 28.1 cm³/mol. The fraction of sp³-hybridized carbons (Fsp3) is 1.00. The second-order valence-electron chi connectivity index (χ2n) is 1.57. The third-order valence-electron chi connectivity index (χ3n) is 0.743. The third kappa shape index (κ3) is 4.05. The Bertz CT molecular complexity index is 46.9. The number of aliphatic hydroxyl groups excluding tert-OH is 1. The maximum Gasteiger partial charge on any atom is 0.106 e. The summed E-state index contributed by atoms with van der Waals surface area (Å²) in [5.74, 6) is 0. The summed E-state index contributed by atoms with van der Waals surface area (Å²) in [5.41, 5.74) is 0. The molecule has 0 aliphatic heterocycles. The van der Waals surface area contributed by atoms with Crippen molar-refractivity contribution in [3.63, 3.8) is 0 Å². The van der Waals surface area contributed by atoms with E-state index in [9.17, 15) is 5.11 Å². The van der Waals surface area contributed by atoms with Crippen molar-refractivity contribution >= 4 is 0 Å². The van der Waals surface area contributed by atoms with Crippen LogP contribution in [0.2, 0.25) is 0 Å². The SMILES string of the molecule is CC(CO)OCC[O]. The average Bonchev–Trinajstić information content (AvgIpc) is 1.83. The highest BCUT2D eigenvalue weighted by Gasteiger charge is 1.96. The molecule has 1 N–H and O–H groups in total. The number of hydrogen-bond donors (Lipinski definition) is 1. The molecular formula is C5H11O3. The minimum atomic E-state index is -0.232. The molecule has 1 unspecified atom stereocenters. The lowest BCUT2D eigenvalue weighted by Gasteiger charge is -2.05. The molecule has 0 aliphatic rings. The van der Waals surface area contributed by atoms with Crippen LogP contribution in [0, 0.1) is 0 Å². The van der Waals surface area contributed by atoms with Gasteiger partial charge in [0.1, 0.15) is 6.61 Å². The van der Waals surface area contributed by atoms with Crippen molar-refractivity contribution in [2.24, 2.45) is 0 Å². The topological polar surface area (TPSA) is 49.4 Å². The van der Waals surface area contributed by atoms with Crippen molar-refractivity contribution < 1.29 is 14.9 Å². The Morgan fingerprint density at radius 1 is 1.75 bits per heavy atom. The van der Waals surface area contributed by atoms with E-state index in [-0.39, 0.29) is 25.9 Å². The Hall–Kier alpha value is -0.120. The van der Waals surface area contributed by atoms with Gasteiger partial charge < -0.3 is 9.84 Å². The Balaban J connectivity index is 2.86. The van der Waals surface area contributed by atoms with Crippen LogP contribution in [-0.2, 0) is 9.84 Å². The molecule has 0 fully saturated rings. The summed E-state index contributed by atoms with van der Waals surface area (Å²) in [6, 6.07) is 0. The summed E-state index contributed by atoms with van der Waals surface area (Å²) >= 11 is 0. The van der Waals surface area contributed by atoms with Crippen molar-refractivity contribution in [1.29, 1.82) is 0 Å². The van der Waals surface area contributed by atoms with E-state index in [4.69, 9.17) is 9.84 Å². The summed E-state index contributed by atoms with van der Waals surface area (Å²) in [6.07, 6.45) is -0.191. The Kier molecular flexibility index (Phi) is 4.95. The molecule has 0 saturated heterocycles. The molecular weight excluding hydrogens is 108 g/mol. The van der Waals surface area contributed by atoms with Crippen LogP contribution < -0.4 is 0 Å². The molecule has 49 valence electrons. The van der Waals surface area contributed by atoms with Gasteiger partial charge in [0.25, 0.3) is 0 Å². The molecule has 3 heteroatoms. The minimum absolute atomic E-state index is 0.0139. The second-order valence-corrected chi connectivity index (χ2v) is 1.57. The van der Waals surface area contributed by atoms with Crippen molar-refractivity contribution in [2.45, 2.75) is 13.0 Å². The smallest absolute Gasteiger partial charge is 0.106 e. The van der Waals surface area contributed by atoms with Crippen LogP contribution in [0.3, 0.4) is 0 Å². The number of rotatable bonds is 4. The van der Waals surface area contributed by atoms with Crippen LogP contribution in [-0.4, -0.2) is 31.0 Å². The van der Waals surface area contributed by atoms with Gasteiger partial charge in [-0.2, -0.15) is 0 Å². The van der Waals surface area contributed by atoms with Gasteiger partial charge in [0.05, 0.1) is 19.3 Å². The van der Waals surface area contributed by atoms with Crippen LogP contribution in [0.25, 0.3) is 0 Å². The van der Waals surface area contributed by atoms with Gasteiger partial charge in [-0.3, -0.25) is 0 Å². The lowest BCUT2D eigenvalue weighted by molar-refractivity contribution is -0.00509. The van der Waals surface area contributed by atoms with E-state index in [0.717, 1.165) is 0 Å². The molecule has 3 nitrogen and oxygen atoms in total. The Labute approximate surface area is 48.9 Å². The highest BCUT2D eigenvalue weighted by Crippen LogP contribution is 1.85. The largest absolute Gasteiger partial charge is 0.394 e. The van der Waals surface area contributed by atoms with Gasteiger partial charge in [-0.05, 0) is 6.92 Å². The fourth-order valence-electron chi connectivity index (χ4n) is 0.302. The molecule has 0 spiro atoms. The van der Waals surface area contributed by atoms with E-state index in [1.54, 1.807) is 6.92 Å². The summed E-state index contributed by atoms with van der Waals surface area (Å²) in [6.45, 7) is 1.67. The minimum Gasteiger partial charge on any atom is -0.394 e. The van der Waals surface area contributed by atoms with Crippen LogP contribution >= 0.6 is 0 Å². The number of ether oxygens (including phenoxy) is 1. The first-order valence-corrected chi connectivity index (χ1v) is 2.61. The highest BCUT2D eigenvalue weighted by atomic mass is 16.5. The lowest BCUT2D eigenvalue weighted by Crippen LogP contribution is -2.14. The van der Waals surface area contributed by atoms with Gasteiger partial charge in [-0.25, -0.2) is 5.11 Å². The molecule has 0 aromatic rings. The maximum absolute atomic E-state index is 9.74. The zero-order valence-electron chi connectivity index (χ0n) is 4.96. The standard InChI is InChI=1S/C5H11O3/c1-5(4-7)8-3-2-6/h5,7H,2-4H2,1H3. The molecule has 0 saturated carbocycles. The normalized spacial score (nSPS) is 13.9. The molecule has 0 aliphatic carbocycles. The summed E-state index contributed by atoms with van der Waals surface area (Å²) in [5, 5.41) is 18.1. The Morgan fingerprint density at radius 3 is 2.75 bits per heavy atom. The third-order valence-corrected chi connectivity index (χ3v) is 0.743. The maximum atomic E-state index is 9.74. The van der Waals surface area contributed by atoms with Crippen LogP contribution in [0.1, 0.15) is 6.92 Å². The van der Waals surface area contributed by atoms with Crippen molar-refractivity contribution in [3.05, 3.63) is 0 Å². The zero-order valence-corrected chi connectivity index (χ0v) is 4.96. The number of aliphatic hydroxyl groups is 1. The quantitative estimate of drug-likeness (QED) is 0.557. The zero-order chi connectivity index (χ0) is 6.41. The van der Waals surface area contributed by atoms with Gasteiger partial charge in [-0.1, -0.05) is 0 Å². The summed E-state index contributed by atoms with van der Waals surface area (Å²) < 4.78 is 4.78. The first-order valence-electron chi connectivity index (χ1n) is 2.61. The van der Waals surface area contributed by atoms with E-state index < -0.39 is 0 Å². The highest BCUT2D eigenvalue weighted by molar-refractivity contribution is 4.42. The monoisotopic (exact) mass is 119 g/mol. The van der Waals surface area contributed by atoms with Gasteiger partial charge >= 0.3 is 0 Å². The van der Waals surface area contributed by atoms with Crippen molar-refractivity contribution in [1.82, 2.24) is 0 Å². The molecule has 8 heavy (non-hydrogen) atoms. The average molecular weight is 119 g/mol. The lowest BCUT2D eigenvalue weighted by atomic mass is 10.4. The first kappa shape index (κ1) is 7.88. The van der Waals surface area contributed by atoms with Gasteiger partial charge in [0, 0.05) is 0 Å². The van der Waals surface area contributed by atoms with E-state index in [2.05, 4.69) is 0 Å². The van der Waals surface area contributed by atoms with E-state index in [1.807, 2.05) is 0 Å². The van der Waals surface area contributed by atoms with Gasteiger partial charge in [-0.15, -0.1) is 0 Å². The number of hydrogen-bond acceptors (Lipinski definition) is 2. The second kappa shape index (κ2) is 5.03. The van der Waals surface area contributed by atoms with E-state index in [1.165, 1.54) is 0 Å². The molecule has 0 heterocycles. The van der Waals surface area contributed by atoms with E-state index in [0.29, 0.717) is 0 Å². The van der Waals surface area contributed by atoms with Crippen molar-refractivity contribution in [3.8, 4) is 0 Å². The molecule has 0 rings (SSSR count). The van der Waals surface area contributed by atoms with Crippen LogP contribution in [0.4, 0.5) is 0 Å². The van der Waals surface area contributed by atoms with Gasteiger partial charge in [0.15, 0.2) is 0 Å². The summed E-state index contributed by atoms with van der Waals surface area (Å²) in [7, 11) is 0. The molecule has 0 bridgehead atoms. The molecule has 1 radical (unpaired) electrons. The predicted octanol–water partition coefficient (Wildman–Crippen LogP) is -0.186. The first-order chi connectivity index (χ1) is 3.81. The molecule has 0 aromatic heterocycles. The molecule has 1 atom stereocenters. The van der Waals surface area contributed by atoms with E-state index >= 15 is 0 Å². The summed E-state index contributed by atoms with van der Waals surface area (Å²) in [4.78, 5) is 0. The molecule has 0 aromatic carbocycles. The van der Waals surface area contributed by atoms with Crippen LogP contribution in [0.5, 0.6) is 0 Å². The molecule has 0 amide bonds. The fourth-order valence-corrected chi connectivity index (χ4v) is 0.302.